The molecule has 1 amide bonds. The second-order valence-corrected chi connectivity index (χ2v) is 2.81. The van der Waals surface area contributed by atoms with E-state index in [1.54, 1.807) is 7.05 Å². The van der Waals surface area contributed by atoms with Gasteiger partial charge in [-0.25, -0.2) is 4.39 Å². The fourth-order valence-electron chi connectivity index (χ4n) is 0.992. The average Bonchev–Trinajstić information content (AvgIpc) is 2.12. The molecule has 76 valence electrons. The fraction of sp³-hybridized carbons (Fsp3) is 0.222. The van der Waals surface area contributed by atoms with E-state index in [2.05, 4.69) is 10.6 Å². The summed E-state index contributed by atoms with van der Waals surface area (Å²) >= 11 is 0. The van der Waals surface area contributed by atoms with E-state index < -0.39 is 5.82 Å². The molecule has 0 saturated carbocycles. The number of hydrogen-bond donors (Lipinski definition) is 3. The van der Waals surface area contributed by atoms with Gasteiger partial charge in [0.2, 0.25) is 5.91 Å². The maximum atomic E-state index is 12.8. The summed E-state index contributed by atoms with van der Waals surface area (Å²) in [5.41, 5.74) is 6.17. The molecule has 0 fully saturated rings. The molecular weight excluding hydrogens is 185 g/mol. The molecule has 0 spiro atoms. The molecule has 0 unspecified atom stereocenters. The van der Waals surface area contributed by atoms with Crippen molar-refractivity contribution in [2.75, 3.05) is 24.6 Å². The second-order valence-electron chi connectivity index (χ2n) is 2.81. The molecule has 4 nitrogen and oxygen atoms in total. The Hall–Kier alpha value is -1.62. The third kappa shape index (κ3) is 2.70. The Morgan fingerprint density at radius 2 is 2.29 bits per heavy atom. The molecule has 1 aromatic rings. The van der Waals surface area contributed by atoms with Crippen LogP contribution in [-0.4, -0.2) is 19.5 Å². The number of nitrogens with one attached hydrogen (secondary N) is 2. The average molecular weight is 197 g/mol. The van der Waals surface area contributed by atoms with Crippen LogP contribution in [0.4, 0.5) is 15.8 Å². The highest BCUT2D eigenvalue weighted by Crippen LogP contribution is 2.18. The topological polar surface area (TPSA) is 67.2 Å². The van der Waals surface area contributed by atoms with Gasteiger partial charge < -0.3 is 16.4 Å². The Morgan fingerprint density at radius 3 is 2.93 bits per heavy atom. The van der Waals surface area contributed by atoms with E-state index in [1.807, 2.05) is 0 Å². The highest BCUT2D eigenvalue weighted by atomic mass is 19.1. The Balaban J connectivity index is 2.75. The van der Waals surface area contributed by atoms with Crippen LogP contribution in [0.25, 0.3) is 0 Å². The maximum Gasteiger partial charge on any atom is 0.238 e. The summed E-state index contributed by atoms with van der Waals surface area (Å²) in [5.74, 6) is -0.691. The third-order valence-corrected chi connectivity index (χ3v) is 1.63. The Morgan fingerprint density at radius 1 is 1.57 bits per heavy atom. The molecule has 0 aliphatic heterocycles. The summed E-state index contributed by atoms with van der Waals surface area (Å²) < 4.78 is 12.8. The zero-order valence-electron chi connectivity index (χ0n) is 7.80. The van der Waals surface area contributed by atoms with Gasteiger partial charge >= 0.3 is 0 Å². The van der Waals surface area contributed by atoms with Gasteiger partial charge in [-0.1, -0.05) is 0 Å². The standard InChI is InChI=1S/C9H12FN3O/c1-12-5-9(14)13-8-4-6(10)2-3-7(8)11/h2-4,12H,5,11H2,1H3,(H,13,14). The lowest BCUT2D eigenvalue weighted by atomic mass is 10.2. The number of carbonyl (C=O) groups excluding carboxylic acids is 1. The zero-order chi connectivity index (χ0) is 10.6. The molecule has 14 heavy (non-hydrogen) atoms. The Labute approximate surface area is 81.3 Å². The van der Waals surface area contributed by atoms with Gasteiger partial charge in [-0.2, -0.15) is 0 Å². The van der Waals surface area contributed by atoms with Crippen molar-refractivity contribution in [2.45, 2.75) is 0 Å². The minimum atomic E-state index is -0.432. The molecule has 4 N–H and O–H groups in total. The van der Waals surface area contributed by atoms with Crippen LogP contribution in [0.1, 0.15) is 0 Å². The lowest BCUT2D eigenvalue weighted by molar-refractivity contribution is -0.115. The van der Waals surface area contributed by atoms with Crippen LogP contribution in [-0.2, 0) is 4.79 Å². The van der Waals surface area contributed by atoms with Crippen LogP contribution in [0.5, 0.6) is 0 Å². The first kappa shape index (κ1) is 10.5. The molecule has 5 heteroatoms. The van der Waals surface area contributed by atoms with E-state index in [9.17, 15) is 9.18 Å². The smallest absolute Gasteiger partial charge is 0.238 e. The number of benzene rings is 1. The van der Waals surface area contributed by atoms with Crippen LogP contribution in [0, 0.1) is 5.82 Å². The van der Waals surface area contributed by atoms with Crippen LogP contribution >= 0.6 is 0 Å². The number of rotatable bonds is 3. The first-order valence-electron chi connectivity index (χ1n) is 4.13. The highest BCUT2D eigenvalue weighted by molar-refractivity contribution is 5.95. The number of carbonyl (C=O) groups is 1. The summed E-state index contributed by atoms with van der Waals surface area (Å²) in [6, 6.07) is 3.83. The number of likely N-dealkylation sites (N-methyl/N-ethyl adjacent to an activating group) is 1. The van der Waals surface area contributed by atoms with E-state index in [-0.39, 0.29) is 12.5 Å². The van der Waals surface area contributed by atoms with E-state index in [1.165, 1.54) is 18.2 Å². The number of nitrogens with two attached hydrogens (primary N) is 1. The molecule has 0 aliphatic rings. The highest BCUT2D eigenvalue weighted by Gasteiger charge is 2.04. The normalized spacial score (nSPS) is 9.86. The van der Waals surface area contributed by atoms with Crippen molar-refractivity contribution in [3.05, 3.63) is 24.0 Å². The van der Waals surface area contributed by atoms with Crippen molar-refractivity contribution >= 4 is 17.3 Å². The van der Waals surface area contributed by atoms with Crippen molar-refractivity contribution in [3.63, 3.8) is 0 Å². The number of anilines is 2. The van der Waals surface area contributed by atoms with Crippen LogP contribution in [0.2, 0.25) is 0 Å². The molecule has 0 radical (unpaired) electrons. The predicted octanol–water partition coefficient (Wildman–Crippen LogP) is 0.566. The van der Waals surface area contributed by atoms with E-state index >= 15 is 0 Å². The Bertz CT molecular complexity index is 341. The van der Waals surface area contributed by atoms with Crippen LogP contribution < -0.4 is 16.4 Å². The summed E-state index contributed by atoms with van der Waals surface area (Å²) in [4.78, 5) is 11.1. The monoisotopic (exact) mass is 197 g/mol. The first-order valence-corrected chi connectivity index (χ1v) is 4.13. The van der Waals surface area contributed by atoms with Crippen LogP contribution in [0.15, 0.2) is 18.2 Å². The van der Waals surface area contributed by atoms with Crippen molar-refractivity contribution in [2.24, 2.45) is 0 Å². The lowest BCUT2D eigenvalue weighted by Gasteiger charge is -2.07. The number of amides is 1. The molecule has 0 aliphatic carbocycles. The summed E-state index contributed by atoms with van der Waals surface area (Å²) in [5, 5.41) is 5.16. The SMILES string of the molecule is CNCC(=O)Nc1cc(F)ccc1N. The van der Waals surface area contributed by atoms with Gasteiger partial charge in [0.05, 0.1) is 17.9 Å². The van der Waals surface area contributed by atoms with Gasteiger partial charge in [-0.3, -0.25) is 4.79 Å². The molecule has 0 heterocycles. The van der Waals surface area contributed by atoms with Crippen molar-refractivity contribution in [3.8, 4) is 0 Å². The summed E-state index contributed by atoms with van der Waals surface area (Å²) in [6.45, 7) is 0.163. The molecular formula is C9H12FN3O. The molecule has 0 aromatic heterocycles. The van der Waals surface area contributed by atoms with Crippen molar-refractivity contribution in [1.29, 1.82) is 0 Å². The largest absolute Gasteiger partial charge is 0.397 e. The maximum absolute atomic E-state index is 12.8. The fourth-order valence-corrected chi connectivity index (χ4v) is 0.992. The third-order valence-electron chi connectivity index (χ3n) is 1.63. The molecule has 0 saturated heterocycles. The zero-order valence-corrected chi connectivity index (χ0v) is 7.80. The van der Waals surface area contributed by atoms with E-state index in [0.29, 0.717) is 11.4 Å². The second kappa shape index (κ2) is 4.57. The lowest BCUT2D eigenvalue weighted by Crippen LogP contribution is -2.25. The van der Waals surface area contributed by atoms with Gasteiger partial charge in [-0.15, -0.1) is 0 Å². The predicted molar refractivity (Wildman–Crippen MR) is 53.4 cm³/mol. The molecule has 0 atom stereocenters. The van der Waals surface area contributed by atoms with Gasteiger partial charge in [0.15, 0.2) is 0 Å². The summed E-state index contributed by atoms with van der Waals surface area (Å²) in [7, 11) is 1.65. The quantitative estimate of drug-likeness (QED) is 0.620. The van der Waals surface area contributed by atoms with Gasteiger partial charge in [0, 0.05) is 0 Å². The molecule has 1 aromatic carbocycles. The Kier molecular flexibility index (Phi) is 3.41. The van der Waals surface area contributed by atoms with E-state index in [0.717, 1.165) is 0 Å². The number of nitrogen functional groups attached to an aromatic ring is 1. The minimum absolute atomic E-state index is 0.163. The number of hydrogen-bond acceptors (Lipinski definition) is 3. The van der Waals surface area contributed by atoms with Crippen LogP contribution in [0.3, 0.4) is 0 Å². The molecule has 1 rings (SSSR count). The van der Waals surface area contributed by atoms with Gasteiger partial charge in [-0.05, 0) is 25.2 Å². The summed E-state index contributed by atoms with van der Waals surface area (Å²) in [6.07, 6.45) is 0. The van der Waals surface area contributed by atoms with Crippen molar-refractivity contribution < 1.29 is 9.18 Å². The number of halogens is 1. The van der Waals surface area contributed by atoms with Crippen molar-refractivity contribution in [1.82, 2.24) is 5.32 Å². The van der Waals surface area contributed by atoms with E-state index in [4.69, 9.17) is 5.73 Å². The molecule has 0 bridgehead atoms. The van der Waals surface area contributed by atoms with Gasteiger partial charge in [0.1, 0.15) is 5.82 Å². The van der Waals surface area contributed by atoms with Gasteiger partial charge in [0.25, 0.3) is 0 Å². The first-order chi connectivity index (χ1) is 6.63. The minimum Gasteiger partial charge on any atom is -0.397 e.